The minimum Gasteiger partial charge on any atom is -0.254 e. The summed E-state index contributed by atoms with van der Waals surface area (Å²) in [4.78, 5) is 24.7. The SMILES string of the molecule is c1ccc(-c2cc(-c3ccc(-c4nc5cnc6c(ccc7cccnc76)c5c5ccccc45)cc3)nc(-c3ccccc3)n2)cc1. The second kappa shape index (κ2) is 10.7. The minimum absolute atomic E-state index is 0.700. The quantitative estimate of drug-likeness (QED) is 0.192. The van der Waals surface area contributed by atoms with E-state index in [4.69, 9.17) is 19.9 Å². The number of fused-ring (bicyclic) bond motifs is 7. The molecule has 0 saturated carbocycles. The molecule has 5 aromatic carbocycles. The highest BCUT2D eigenvalue weighted by Gasteiger charge is 2.16. The van der Waals surface area contributed by atoms with E-state index in [1.165, 1.54) is 0 Å². The van der Waals surface area contributed by atoms with Gasteiger partial charge in [0.2, 0.25) is 0 Å². The average Bonchev–Trinajstić information content (AvgIpc) is 3.14. The van der Waals surface area contributed by atoms with Crippen LogP contribution >= 0.6 is 0 Å². The highest BCUT2D eigenvalue weighted by Crippen LogP contribution is 2.37. The van der Waals surface area contributed by atoms with Crippen molar-refractivity contribution in [3.05, 3.63) is 152 Å². The Morgan fingerprint density at radius 1 is 0.413 bits per heavy atom. The summed E-state index contributed by atoms with van der Waals surface area (Å²) in [7, 11) is 0. The Labute approximate surface area is 264 Å². The third-order valence-corrected chi connectivity index (χ3v) is 8.55. The maximum Gasteiger partial charge on any atom is 0.160 e. The van der Waals surface area contributed by atoms with E-state index in [0.29, 0.717) is 5.82 Å². The molecule has 0 saturated heterocycles. The van der Waals surface area contributed by atoms with Crippen LogP contribution in [0.1, 0.15) is 0 Å². The number of hydrogen-bond donors (Lipinski definition) is 0. The van der Waals surface area contributed by atoms with Crippen molar-refractivity contribution >= 4 is 43.5 Å². The predicted octanol–water partition coefficient (Wildman–Crippen LogP) is 9.94. The zero-order valence-electron chi connectivity index (χ0n) is 24.7. The Morgan fingerprint density at radius 2 is 1.07 bits per heavy atom. The molecule has 0 aliphatic rings. The summed E-state index contributed by atoms with van der Waals surface area (Å²) in [6.45, 7) is 0. The third-order valence-electron chi connectivity index (χ3n) is 8.55. The lowest BCUT2D eigenvalue weighted by molar-refractivity contribution is 1.18. The largest absolute Gasteiger partial charge is 0.254 e. The first-order chi connectivity index (χ1) is 22.8. The van der Waals surface area contributed by atoms with Crippen molar-refractivity contribution in [2.75, 3.05) is 0 Å². The first-order valence-corrected chi connectivity index (χ1v) is 15.3. The highest BCUT2D eigenvalue weighted by atomic mass is 14.9. The average molecular weight is 588 g/mol. The second-order valence-electron chi connectivity index (χ2n) is 11.3. The molecule has 0 spiro atoms. The smallest absolute Gasteiger partial charge is 0.160 e. The van der Waals surface area contributed by atoms with E-state index < -0.39 is 0 Å². The van der Waals surface area contributed by atoms with E-state index in [1.807, 2.05) is 67.0 Å². The molecule has 0 aliphatic carbocycles. The Morgan fingerprint density at radius 3 is 1.83 bits per heavy atom. The van der Waals surface area contributed by atoms with Crippen molar-refractivity contribution in [1.82, 2.24) is 24.9 Å². The van der Waals surface area contributed by atoms with Crippen molar-refractivity contribution in [3.63, 3.8) is 0 Å². The van der Waals surface area contributed by atoms with Gasteiger partial charge >= 0.3 is 0 Å². The molecule has 0 fully saturated rings. The molecule has 0 amide bonds. The monoisotopic (exact) mass is 587 g/mol. The van der Waals surface area contributed by atoms with Gasteiger partial charge in [0, 0.05) is 50.0 Å². The summed E-state index contributed by atoms with van der Waals surface area (Å²) in [5.41, 5.74) is 9.41. The lowest BCUT2D eigenvalue weighted by Gasteiger charge is -2.13. The molecule has 9 rings (SSSR count). The third kappa shape index (κ3) is 4.37. The number of rotatable bonds is 4. The molecule has 0 bridgehead atoms. The molecule has 9 aromatic rings. The normalized spacial score (nSPS) is 11.5. The second-order valence-corrected chi connectivity index (χ2v) is 11.3. The van der Waals surface area contributed by atoms with Gasteiger partial charge in [-0.1, -0.05) is 127 Å². The summed E-state index contributed by atoms with van der Waals surface area (Å²) in [5.74, 6) is 0.700. The van der Waals surface area contributed by atoms with Gasteiger partial charge < -0.3 is 0 Å². The van der Waals surface area contributed by atoms with E-state index in [2.05, 4.69) is 89.9 Å². The van der Waals surface area contributed by atoms with Crippen LogP contribution in [0.25, 0.3) is 88.6 Å². The van der Waals surface area contributed by atoms with Gasteiger partial charge in [-0.25, -0.2) is 15.0 Å². The number of pyridine rings is 3. The van der Waals surface area contributed by atoms with E-state index in [-0.39, 0.29) is 0 Å². The molecule has 5 heteroatoms. The fraction of sp³-hybridized carbons (Fsp3) is 0. The number of benzene rings is 5. The molecule has 0 radical (unpaired) electrons. The fourth-order valence-electron chi connectivity index (χ4n) is 6.33. The summed E-state index contributed by atoms with van der Waals surface area (Å²) in [6.07, 6.45) is 3.70. The van der Waals surface area contributed by atoms with Gasteiger partial charge in [-0.3, -0.25) is 9.97 Å². The first kappa shape index (κ1) is 26.1. The predicted molar refractivity (Wildman–Crippen MR) is 187 cm³/mol. The molecule has 0 aliphatic heterocycles. The summed E-state index contributed by atoms with van der Waals surface area (Å²) in [6, 6.07) is 47.7. The molecule has 214 valence electrons. The highest BCUT2D eigenvalue weighted by molar-refractivity contribution is 6.23. The van der Waals surface area contributed by atoms with E-state index in [9.17, 15) is 0 Å². The van der Waals surface area contributed by atoms with E-state index in [1.54, 1.807) is 0 Å². The maximum absolute atomic E-state index is 5.21. The summed E-state index contributed by atoms with van der Waals surface area (Å²) in [5, 5.41) is 5.46. The van der Waals surface area contributed by atoms with Crippen molar-refractivity contribution in [2.24, 2.45) is 0 Å². The van der Waals surface area contributed by atoms with Gasteiger partial charge in [0.1, 0.15) is 0 Å². The maximum atomic E-state index is 5.21. The summed E-state index contributed by atoms with van der Waals surface area (Å²) >= 11 is 0. The molecule has 0 unspecified atom stereocenters. The Kier molecular flexibility index (Phi) is 6.06. The van der Waals surface area contributed by atoms with E-state index >= 15 is 0 Å². The van der Waals surface area contributed by atoms with Crippen LogP contribution < -0.4 is 0 Å². The Bertz CT molecular complexity index is 2510. The number of hydrogen-bond acceptors (Lipinski definition) is 5. The molecular weight excluding hydrogens is 562 g/mol. The Hall–Kier alpha value is -6.33. The van der Waals surface area contributed by atoms with Gasteiger partial charge in [0.05, 0.1) is 39.8 Å². The van der Waals surface area contributed by atoms with Crippen molar-refractivity contribution < 1.29 is 0 Å². The number of nitrogens with zero attached hydrogens (tertiary/aromatic N) is 5. The minimum atomic E-state index is 0.700. The van der Waals surface area contributed by atoms with Crippen LogP contribution in [0.2, 0.25) is 0 Å². The van der Waals surface area contributed by atoms with Crippen LogP contribution in [-0.4, -0.2) is 24.9 Å². The van der Waals surface area contributed by atoms with Crippen molar-refractivity contribution in [1.29, 1.82) is 0 Å². The van der Waals surface area contributed by atoms with Crippen molar-refractivity contribution in [3.8, 4) is 45.2 Å². The lowest BCUT2D eigenvalue weighted by Crippen LogP contribution is -1.96. The van der Waals surface area contributed by atoms with E-state index in [0.717, 1.165) is 82.8 Å². The van der Waals surface area contributed by atoms with Crippen LogP contribution in [0.15, 0.2) is 152 Å². The first-order valence-electron chi connectivity index (χ1n) is 15.3. The zero-order chi connectivity index (χ0) is 30.5. The number of aromatic nitrogens is 5. The van der Waals surface area contributed by atoms with Gasteiger partial charge in [0.15, 0.2) is 5.82 Å². The van der Waals surface area contributed by atoms with Gasteiger partial charge in [-0.05, 0) is 17.5 Å². The van der Waals surface area contributed by atoms with Crippen LogP contribution in [0.5, 0.6) is 0 Å². The lowest BCUT2D eigenvalue weighted by atomic mass is 9.97. The van der Waals surface area contributed by atoms with Crippen LogP contribution in [0.4, 0.5) is 0 Å². The molecule has 0 atom stereocenters. The van der Waals surface area contributed by atoms with Gasteiger partial charge in [0.25, 0.3) is 0 Å². The molecule has 4 heterocycles. The fourth-order valence-corrected chi connectivity index (χ4v) is 6.33. The van der Waals surface area contributed by atoms with Crippen LogP contribution in [0, 0.1) is 0 Å². The molecule has 46 heavy (non-hydrogen) atoms. The molecular formula is C41H25N5. The van der Waals surface area contributed by atoms with Crippen LogP contribution in [0.3, 0.4) is 0 Å². The molecule has 5 nitrogen and oxygen atoms in total. The van der Waals surface area contributed by atoms with Gasteiger partial charge in [-0.2, -0.15) is 0 Å². The van der Waals surface area contributed by atoms with Crippen LogP contribution in [-0.2, 0) is 0 Å². The standard InChI is InChI=1S/C41H25N5/c1-3-10-26(11-4-1)34-24-35(46-41(45-34)30-12-5-2-6-13-30)27-17-19-29(20-18-27)38-32-16-8-7-15-31(32)37-33-22-21-28-14-9-23-42-39(28)40(33)43-25-36(37)44-38/h1-25H. The topological polar surface area (TPSA) is 64.5 Å². The summed E-state index contributed by atoms with van der Waals surface area (Å²) < 4.78 is 0. The molecule has 0 N–H and O–H groups in total. The van der Waals surface area contributed by atoms with Gasteiger partial charge in [-0.15, -0.1) is 0 Å². The molecule has 4 aromatic heterocycles. The zero-order valence-corrected chi connectivity index (χ0v) is 24.7. The Balaban J connectivity index is 1.19. The van der Waals surface area contributed by atoms with Crippen molar-refractivity contribution in [2.45, 2.75) is 0 Å².